The zero-order chi connectivity index (χ0) is 12.5. The van der Waals surface area contributed by atoms with E-state index in [1.165, 1.54) is 0 Å². The number of hydrogen-bond acceptors (Lipinski definition) is 3. The van der Waals surface area contributed by atoms with Crippen molar-refractivity contribution < 1.29 is 9.21 Å². The topological polar surface area (TPSA) is 45.5 Å². The normalized spacial score (nSPS) is 24.8. The second-order valence-corrected chi connectivity index (χ2v) is 5.24. The largest absolute Gasteiger partial charge is 0.467 e. The molecule has 1 aliphatic rings. The van der Waals surface area contributed by atoms with Crippen LogP contribution in [0.1, 0.15) is 33.0 Å². The van der Waals surface area contributed by atoms with E-state index in [4.69, 9.17) is 4.42 Å². The Morgan fingerprint density at radius 3 is 3.00 bits per heavy atom. The summed E-state index contributed by atoms with van der Waals surface area (Å²) in [6.07, 6.45) is 2.59. The van der Waals surface area contributed by atoms with Gasteiger partial charge in [0.2, 0.25) is 5.91 Å². The molecule has 2 rings (SSSR count). The second kappa shape index (κ2) is 4.53. The molecule has 17 heavy (non-hydrogen) atoms. The number of hydrogen-bond donors (Lipinski definition) is 1. The SMILES string of the molecule is CC1NCCC(C)(C)N(Cc2ccco2)C1=O. The second-order valence-electron chi connectivity index (χ2n) is 5.24. The summed E-state index contributed by atoms with van der Waals surface area (Å²) in [5.41, 5.74) is -0.137. The molecule has 1 aromatic rings. The maximum atomic E-state index is 12.3. The van der Waals surface area contributed by atoms with Gasteiger partial charge in [-0.25, -0.2) is 0 Å². The van der Waals surface area contributed by atoms with Gasteiger partial charge in [-0.05, 0) is 45.9 Å². The summed E-state index contributed by atoms with van der Waals surface area (Å²) in [5.74, 6) is 0.976. The number of nitrogens with one attached hydrogen (secondary N) is 1. The molecule has 4 nitrogen and oxygen atoms in total. The minimum atomic E-state index is -0.137. The van der Waals surface area contributed by atoms with Gasteiger partial charge in [0, 0.05) is 5.54 Å². The molecule has 1 N–H and O–H groups in total. The summed E-state index contributed by atoms with van der Waals surface area (Å²) in [7, 11) is 0. The number of amides is 1. The number of nitrogens with zero attached hydrogens (tertiary/aromatic N) is 1. The maximum Gasteiger partial charge on any atom is 0.240 e. The maximum absolute atomic E-state index is 12.3. The average Bonchev–Trinajstić information content (AvgIpc) is 2.73. The number of carbonyl (C=O) groups is 1. The van der Waals surface area contributed by atoms with Gasteiger partial charge >= 0.3 is 0 Å². The van der Waals surface area contributed by atoms with Crippen molar-refractivity contribution in [3.05, 3.63) is 24.2 Å². The lowest BCUT2D eigenvalue weighted by atomic mass is 9.98. The first-order valence-electron chi connectivity index (χ1n) is 6.08. The Morgan fingerprint density at radius 2 is 2.35 bits per heavy atom. The van der Waals surface area contributed by atoms with Crippen LogP contribution in [0.3, 0.4) is 0 Å². The Morgan fingerprint density at radius 1 is 1.59 bits per heavy atom. The monoisotopic (exact) mass is 236 g/mol. The third kappa shape index (κ3) is 2.52. The van der Waals surface area contributed by atoms with Crippen LogP contribution in [0.4, 0.5) is 0 Å². The smallest absolute Gasteiger partial charge is 0.240 e. The van der Waals surface area contributed by atoms with Crippen molar-refractivity contribution >= 4 is 5.91 Å². The Kier molecular flexibility index (Phi) is 3.24. The van der Waals surface area contributed by atoms with Crippen molar-refractivity contribution in [2.45, 2.75) is 45.3 Å². The fourth-order valence-corrected chi connectivity index (χ4v) is 2.20. The van der Waals surface area contributed by atoms with Crippen molar-refractivity contribution in [2.75, 3.05) is 6.54 Å². The third-order valence-electron chi connectivity index (χ3n) is 3.45. The van der Waals surface area contributed by atoms with Gasteiger partial charge in [-0.2, -0.15) is 0 Å². The van der Waals surface area contributed by atoms with Gasteiger partial charge in [-0.15, -0.1) is 0 Å². The molecule has 1 unspecified atom stereocenters. The number of carbonyl (C=O) groups excluding carboxylic acids is 1. The fourth-order valence-electron chi connectivity index (χ4n) is 2.20. The zero-order valence-corrected chi connectivity index (χ0v) is 10.7. The quantitative estimate of drug-likeness (QED) is 0.851. The van der Waals surface area contributed by atoms with Crippen LogP contribution in [0.2, 0.25) is 0 Å². The van der Waals surface area contributed by atoms with Crippen LogP contribution >= 0.6 is 0 Å². The molecule has 1 aliphatic heterocycles. The van der Waals surface area contributed by atoms with Crippen molar-refractivity contribution in [1.29, 1.82) is 0 Å². The Labute approximate surface area is 102 Å². The Hall–Kier alpha value is -1.29. The molecule has 1 atom stereocenters. The lowest BCUT2D eigenvalue weighted by molar-refractivity contribution is -0.138. The lowest BCUT2D eigenvalue weighted by Gasteiger charge is -2.37. The molecule has 94 valence electrons. The number of rotatable bonds is 2. The lowest BCUT2D eigenvalue weighted by Crippen LogP contribution is -2.49. The van der Waals surface area contributed by atoms with Crippen molar-refractivity contribution in [3.8, 4) is 0 Å². The van der Waals surface area contributed by atoms with Crippen LogP contribution in [0.15, 0.2) is 22.8 Å². The molecule has 0 bridgehead atoms. The van der Waals surface area contributed by atoms with Gasteiger partial charge in [0.25, 0.3) is 0 Å². The first-order valence-corrected chi connectivity index (χ1v) is 6.08. The van der Waals surface area contributed by atoms with Gasteiger partial charge in [-0.3, -0.25) is 4.79 Å². The highest BCUT2D eigenvalue weighted by atomic mass is 16.3. The van der Waals surface area contributed by atoms with Crippen LogP contribution in [0, 0.1) is 0 Å². The average molecular weight is 236 g/mol. The van der Waals surface area contributed by atoms with Crippen LogP contribution in [0.5, 0.6) is 0 Å². The van der Waals surface area contributed by atoms with Crippen molar-refractivity contribution in [3.63, 3.8) is 0 Å². The Balaban J connectivity index is 2.22. The van der Waals surface area contributed by atoms with E-state index in [2.05, 4.69) is 19.2 Å². The van der Waals surface area contributed by atoms with Crippen LogP contribution in [-0.4, -0.2) is 28.9 Å². The summed E-state index contributed by atoms with van der Waals surface area (Å²) in [4.78, 5) is 14.2. The molecule has 2 heterocycles. The third-order valence-corrected chi connectivity index (χ3v) is 3.45. The van der Waals surface area contributed by atoms with E-state index in [-0.39, 0.29) is 17.5 Å². The van der Waals surface area contributed by atoms with E-state index in [9.17, 15) is 4.79 Å². The van der Waals surface area contributed by atoms with Crippen LogP contribution < -0.4 is 5.32 Å². The van der Waals surface area contributed by atoms with Gasteiger partial charge in [0.15, 0.2) is 0 Å². The van der Waals surface area contributed by atoms with Gasteiger partial charge in [-0.1, -0.05) is 0 Å². The zero-order valence-electron chi connectivity index (χ0n) is 10.7. The highest BCUT2D eigenvalue weighted by molar-refractivity contribution is 5.82. The summed E-state index contributed by atoms with van der Waals surface area (Å²) in [5, 5.41) is 3.24. The molecule has 0 spiro atoms. The molecule has 0 saturated carbocycles. The molecule has 1 aromatic heterocycles. The first-order chi connectivity index (χ1) is 8.00. The van der Waals surface area contributed by atoms with E-state index in [0.717, 1.165) is 18.7 Å². The molecule has 4 heteroatoms. The highest BCUT2D eigenvalue weighted by Crippen LogP contribution is 2.24. The fraction of sp³-hybridized carbons (Fsp3) is 0.615. The van der Waals surface area contributed by atoms with Gasteiger partial charge in [0.05, 0.1) is 18.8 Å². The van der Waals surface area contributed by atoms with Gasteiger partial charge < -0.3 is 14.6 Å². The van der Waals surface area contributed by atoms with E-state index >= 15 is 0 Å². The van der Waals surface area contributed by atoms with Crippen LogP contribution in [0.25, 0.3) is 0 Å². The summed E-state index contributed by atoms with van der Waals surface area (Å²) in [6.45, 7) is 7.54. The molecule has 1 fully saturated rings. The van der Waals surface area contributed by atoms with Crippen molar-refractivity contribution in [1.82, 2.24) is 10.2 Å². The molecular formula is C13H20N2O2. The highest BCUT2D eigenvalue weighted by Gasteiger charge is 2.36. The van der Waals surface area contributed by atoms with Crippen molar-refractivity contribution in [2.24, 2.45) is 0 Å². The summed E-state index contributed by atoms with van der Waals surface area (Å²) < 4.78 is 5.34. The standard InChI is InChI=1S/C13H20N2O2/c1-10-12(16)15(9-11-5-4-8-17-11)13(2,3)6-7-14-10/h4-5,8,10,14H,6-7,9H2,1-3H3. The predicted octanol–water partition coefficient (Wildman–Crippen LogP) is 1.77. The number of furan rings is 1. The summed E-state index contributed by atoms with van der Waals surface area (Å²) >= 11 is 0. The first kappa shape index (κ1) is 12.2. The van der Waals surface area contributed by atoms with Gasteiger partial charge in [0.1, 0.15) is 5.76 Å². The van der Waals surface area contributed by atoms with E-state index in [0.29, 0.717) is 6.54 Å². The van der Waals surface area contributed by atoms with E-state index in [1.807, 2.05) is 24.0 Å². The van der Waals surface area contributed by atoms with Crippen LogP contribution in [-0.2, 0) is 11.3 Å². The minimum Gasteiger partial charge on any atom is -0.467 e. The molecule has 1 saturated heterocycles. The van der Waals surface area contributed by atoms with E-state index < -0.39 is 0 Å². The molecule has 0 aromatic carbocycles. The Bertz CT molecular complexity index is 384. The summed E-state index contributed by atoms with van der Waals surface area (Å²) in [6, 6.07) is 3.64. The molecule has 1 amide bonds. The molecular weight excluding hydrogens is 216 g/mol. The molecule has 0 radical (unpaired) electrons. The molecule has 0 aliphatic carbocycles. The minimum absolute atomic E-state index is 0.119. The predicted molar refractivity (Wildman–Crippen MR) is 65.4 cm³/mol. The van der Waals surface area contributed by atoms with E-state index in [1.54, 1.807) is 6.26 Å².